The maximum absolute atomic E-state index is 12.4. The van der Waals surface area contributed by atoms with Gasteiger partial charge in [-0.25, -0.2) is 0 Å². The topological polar surface area (TPSA) is 51.5 Å². The highest BCUT2D eigenvalue weighted by molar-refractivity contribution is 5.87. The molecule has 2 aliphatic rings. The van der Waals surface area contributed by atoms with E-state index in [1.165, 1.54) is 11.6 Å². The summed E-state index contributed by atoms with van der Waals surface area (Å²) in [6.07, 6.45) is 4.91. The lowest BCUT2D eigenvalue weighted by atomic mass is 9.99. The largest absolute Gasteiger partial charge is 0.381 e. The van der Waals surface area contributed by atoms with Gasteiger partial charge in [-0.1, -0.05) is 12.6 Å². The highest BCUT2D eigenvalue weighted by Crippen LogP contribution is 2.20. The van der Waals surface area contributed by atoms with Gasteiger partial charge in [0.05, 0.1) is 0 Å². The number of fused-ring (bicyclic) bond motifs is 1. The van der Waals surface area contributed by atoms with Gasteiger partial charge in [-0.3, -0.25) is 9.59 Å². The zero-order valence-electron chi connectivity index (χ0n) is 13.5. The first-order chi connectivity index (χ1) is 11.2. The zero-order valence-corrected chi connectivity index (χ0v) is 13.5. The van der Waals surface area contributed by atoms with E-state index in [4.69, 9.17) is 4.74 Å². The number of ether oxygens (including phenoxy) is 1. The lowest BCUT2D eigenvalue weighted by molar-refractivity contribution is -0.125. The number of aromatic nitrogens is 1. The summed E-state index contributed by atoms with van der Waals surface area (Å²) in [4.78, 5) is 26.1. The average Bonchev–Trinajstić information content (AvgIpc) is 2.80. The monoisotopic (exact) mass is 316 g/mol. The van der Waals surface area contributed by atoms with Crippen LogP contribution < -0.4 is 5.56 Å². The fourth-order valence-electron chi connectivity index (χ4n) is 3.53. The molecule has 1 fully saturated rings. The smallest absolute Gasteiger partial charge is 0.250 e. The van der Waals surface area contributed by atoms with Crippen LogP contribution in [0.2, 0.25) is 0 Å². The molecule has 0 aromatic carbocycles. The number of carbonyl (C=O) groups is 1. The van der Waals surface area contributed by atoms with Crippen LogP contribution in [0.4, 0.5) is 0 Å². The van der Waals surface area contributed by atoms with Crippen molar-refractivity contribution >= 4 is 5.91 Å². The highest BCUT2D eigenvalue weighted by atomic mass is 16.5. The fraction of sp³-hybridized carbons (Fsp3) is 0.556. The Morgan fingerprint density at radius 3 is 2.74 bits per heavy atom. The van der Waals surface area contributed by atoms with Crippen LogP contribution in [-0.4, -0.2) is 41.7 Å². The molecule has 2 aliphatic heterocycles. The normalized spacial score (nSPS) is 19.0. The molecule has 0 N–H and O–H groups in total. The lowest BCUT2D eigenvalue weighted by Crippen LogP contribution is -2.32. The van der Waals surface area contributed by atoms with E-state index in [2.05, 4.69) is 6.58 Å². The minimum atomic E-state index is -0.0314. The van der Waals surface area contributed by atoms with Crippen molar-refractivity contribution in [3.8, 4) is 0 Å². The maximum Gasteiger partial charge on any atom is 0.250 e. The van der Waals surface area contributed by atoms with Crippen LogP contribution in [0.15, 0.2) is 29.6 Å². The predicted molar refractivity (Wildman–Crippen MR) is 88.4 cm³/mol. The van der Waals surface area contributed by atoms with Crippen LogP contribution in [0.25, 0.3) is 0 Å². The van der Waals surface area contributed by atoms with Crippen molar-refractivity contribution in [2.45, 2.75) is 32.2 Å². The van der Waals surface area contributed by atoms with Crippen molar-refractivity contribution in [3.05, 3.63) is 46.4 Å². The average molecular weight is 316 g/mol. The maximum atomic E-state index is 12.4. The van der Waals surface area contributed by atoms with Gasteiger partial charge in [-0.15, -0.1) is 0 Å². The second kappa shape index (κ2) is 7.13. The summed E-state index contributed by atoms with van der Waals surface area (Å²) in [6, 6.07) is 3.60. The van der Waals surface area contributed by atoms with Gasteiger partial charge in [0.1, 0.15) is 0 Å². The molecule has 0 aliphatic carbocycles. The van der Waals surface area contributed by atoms with E-state index in [1.807, 2.05) is 15.5 Å². The second-order valence-corrected chi connectivity index (χ2v) is 6.34. The van der Waals surface area contributed by atoms with Gasteiger partial charge in [0, 0.05) is 51.0 Å². The highest BCUT2D eigenvalue weighted by Gasteiger charge is 2.21. The summed E-state index contributed by atoms with van der Waals surface area (Å²) < 4.78 is 7.35. The zero-order chi connectivity index (χ0) is 16.2. The number of amides is 1. The standard InChI is InChI=1S/C18H24N2O3/c1-2-17(21)19-9-5-15-3-4-18(22)20(16(15)6-10-19)13-14-7-11-23-12-8-14/h2-4,14H,1,5-13H2. The molecule has 5 nitrogen and oxygen atoms in total. The Bertz CT molecular complexity index is 644. The number of rotatable bonds is 3. The van der Waals surface area contributed by atoms with Gasteiger partial charge in [0.2, 0.25) is 5.91 Å². The molecule has 3 heterocycles. The molecule has 0 atom stereocenters. The molecule has 1 saturated heterocycles. The van der Waals surface area contributed by atoms with Crippen molar-refractivity contribution in [2.75, 3.05) is 26.3 Å². The predicted octanol–water partition coefficient (Wildman–Crippen LogP) is 1.39. The Hall–Kier alpha value is -1.88. The number of pyridine rings is 1. The first-order valence-corrected chi connectivity index (χ1v) is 8.39. The number of hydrogen-bond acceptors (Lipinski definition) is 3. The van der Waals surface area contributed by atoms with Gasteiger partial charge in [-0.05, 0) is 36.8 Å². The quantitative estimate of drug-likeness (QED) is 0.792. The molecular formula is C18H24N2O3. The van der Waals surface area contributed by atoms with Crippen LogP contribution in [0, 0.1) is 5.92 Å². The Morgan fingerprint density at radius 2 is 2.00 bits per heavy atom. The Balaban J connectivity index is 1.83. The minimum absolute atomic E-state index is 0.0314. The van der Waals surface area contributed by atoms with Crippen molar-refractivity contribution in [1.82, 2.24) is 9.47 Å². The Morgan fingerprint density at radius 1 is 1.26 bits per heavy atom. The summed E-state index contributed by atoms with van der Waals surface area (Å²) in [7, 11) is 0. The molecular weight excluding hydrogens is 292 g/mol. The lowest BCUT2D eigenvalue weighted by Gasteiger charge is -2.25. The summed E-state index contributed by atoms with van der Waals surface area (Å²) in [5, 5.41) is 0. The molecule has 1 amide bonds. The van der Waals surface area contributed by atoms with E-state index in [-0.39, 0.29) is 11.5 Å². The van der Waals surface area contributed by atoms with Gasteiger partial charge < -0.3 is 14.2 Å². The number of nitrogens with zero attached hydrogens (tertiary/aromatic N) is 2. The van der Waals surface area contributed by atoms with Crippen molar-refractivity contribution in [2.24, 2.45) is 5.92 Å². The van der Waals surface area contributed by atoms with E-state index >= 15 is 0 Å². The molecule has 124 valence electrons. The van der Waals surface area contributed by atoms with E-state index < -0.39 is 0 Å². The molecule has 0 saturated carbocycles. The van der Waals surface area contributed by atoms with E-state index in [9.17, 15) is 9.59 Å². The van der Waals surface area contributed by atoms with E-state index in [1.54, 1.807) is 6.07 Å². The van der Waals surface area contributed by atoms with Crippen molar-refractivity contribution < 1.29 is 9.53 Å². The molecule has 1 aromatic heterocycles. The van der Waals surface area contributed by atoms with Crippen LogP contribution >= 0.6 is 0 Å². The Labute approximate surface area is 136 Å². The molecule has 0 spiro atoms. The summed E-state index contributed by atoms with van der Waals surface area (Å²) in [5.74, 6) is 0.471. The molecule has 0 unspecified atom stereocenters. The first-order valence-electron chi connectivity index (χ1n) is 8.39. The van der Waals surface area contributed by atoms with Crippen LogP contribution in [-0.2, 0) is 28.9 Å². The molecule has 0 radical (unpaired) electrons. The van der Waals surface area contributed by atoms with Crippen molar-refractivity contribution in [1.29, 1.82) is 0 Å². The van der Waals surface area contributed by atoms with Gasteiger partial charge in [0.15, 0.2) is 0 Å². The summed E-state index contributed by atoms with van der Waals surface area (Å²) in [5.41, 5.74) is 2.36. The SMILES string of the molecule is C=CC(=O)N1CCc2ccc(=O)n(CC3CCOCC3)c2CC1. The number of carbonyl (C=O) groups excluding carboxylic acids is 1. The second-order valence-electron chi connectivity index (χ2n) is 6.34. The third-order valence-electron chi connectivity index (χ3n) is 4.93. The van der Waals surface area contributed by atoms with Crippen LogP contribution in [0.5, 0.6) is 0 Å². The minimum Gasteiger partial charge on any atom is -0.381 e. The third-order valence-corrected chi connectivity index (χ3v) is 4.93. The molecule has 23 heavy (non-hydrogen) atoms. The molecule has 5 heteroatoms. The van der Waals surface area contributed by atoms with Gasteiger partial charge in [-0.2, -0.15) is 0 Å². The summed E-state index contributed by atoms with van der Waals surface area (Å²) >= 11 is 0. The van der Waals surface area contributed by atoms with Crippen LogP contribution in [0.1, 0.15) is 24.1 Å². The van der Waals surface area contributed by atoms with Crippen LogP contribution in [0.3, 0.4) is 0 Å². The molecule has 0 bridgehead atoms. The van der Waals surface area contributed by atoms with E-state index in [0.717, 1.165) is 51.1 Å². The van der Waals surface area contributed by atoms with E-state index in [0.29, 0.717) is 19.0 Å². The number of hydrogen-bond donors (Lipinski definition) is 0. The van der Waals surface area contributed by atoms with Crippen molar-refractivity contribution in [3.63, 3.8) is 0 Å². The van der Waals surface area contributed by atoms with Gasteiger partial charge >= 0.3 is 0 Å². The Kier molecular flexibility index (Phi) is 4.96. The van der Waals surface area contributed by atoms with Gasteiger partial charge in [0.25, 0.3) is 5.56 Å². The fourth-order valence-corrected chi connectivity index (χ4v) is 3.53. The molecule has 3 rings (SSSR count). The third kappa shape index (κ3) is 3.55. The molecule has 1 aromatic rings. The summed E-state index contributed by atoms with van der Waals surface area (Å²) in [6.45, 7) is 7.24. The first kappa shape index (κ1) is 16.0.